The van der Waals surface area contributed by atoms with E-state index in [4.69, 9.17) is 21.1 Å². The molecular formula is C24H27ClN6O5S. The van der Waals surface area contributed by atoms with Crippen LogP contribution in [0, 0.1) is 0 Å². The predicted octanol–water partition coefficient (Wildman–Crippen LogP) is 3.40. The van der Waals surface area contributed by atoms with Crippen LogP contribution >= 0.6 is 11.6 Å². The van der Waals surface area contributed by atoms with Crippen molar-refractivity contribution in [2.75, 3.05) is 50.6 Å². The van der Waals surface area contributed by atoms with Crippen LogP contribution in [-0.2, 0) is 14.8 Å². The SMILES string of the molecule is CCOc1cc(C(=O)N2CCOCC2)ccc1Nc1ncc(Cl)c(Nc2ccccc2S(=O)(=O)NC)n1. The van der Waals surface area contributed by atoms with Crippen molar-refractivity contribution in [1.82, 2.24) is 19.6 Å². The molecule has 0 unspecified atom stereocenters. The molecule has 0 saturated carbocycles. The average molecular weight is 547 g/mol. The number of benzene rings is 2. The minimum atomic E-state index is -3.72. The molecule has 0 aliphatic carbocycles. The number of ether oxygens (including phenoxy) is 2. The van der Waals surface area contributed by atoms with Gasteiger partial charge in [-0.3, -0.25) is 4.79 Å². The van der Waals surface area contributed by atoms with Crippen molar-refractivity contribution in [2.24, 2.45) is 0 Å². The lowest BCUT2D eigenvalue weighted by Gasteiger charge is -2.27. The molecular weight excluding hydrogens is 520 g/mol. The summed E-state index contributed by atoms with van der Waals surface area (Å²) >= 11 is 6.30. The molecule has 1 saturated heterocycles. The van der Waals surface area contributed by atoms with Crippen molar-refractivity contribution in [3.8, 4) is 5.75 Å². The topological polar surface area (TPSA) is 135 Å². The largest absolute Gasteiger partial charge is 0.492 e. The van der Waals surface area contributed by atoms with Gasteiger partial charge >= 0.3 is 0 Å². The van der Waals surface area contributed by atoms with E-state index in [-0.39, 0.29) is 27.6 Å². The molecule has 13 heteroatoms. The number of halogens is 1. The number of carbonyl (C=O) groups excluding carboxylic acids is 1. The average Bonchev–Trinajstić information content (AvgIpc) is 2.92. The minimum absolute atomic E-state index is 0.0424. The smallest absolute Gasteiger partial charge is 0.254 e. The lowest BCUT2D eigenvalue weighted by molar-refractivity contribution is 0.0302. The Bertz CT molecular complexity index is 1380. The number of rotatable bonds is 9. The molecule has 196 valence electrons. The van der Waals surface area contributed by atoms with Gasteiger partial charge in [-0.2, -0.15) is 4.98 Å². The van der Waals surface area contributed by atoms with Gasteiger partial charge in [-0.15, -0.1) is 0 Å². The highest BCUT2D eigenvalue weighted by molar-refractivity contribution is 7.89. The van der Waals surface area contributed by atoms with Crippen molar-refractivity contribution in [1.29, 1.82) is 0 Å². The maximum atomic E-state index is 12.9. The molecule has 37 heavy (non-hydrogen) atoms. The zero-order valence-electron chi connectivity index (χ0n) is 20.3. The first-order valence-electron chi connectivity index (χ1n) is 11.6. The molecule has 2 heterocycles. The number of morpholine rings is 1. The Labute approximate surface area is 220 Å². The number of nitrogens with zero attached hydrogens (tertiary/aromatic N) is 3. The molecule has 0 radical (unpaired) electrons. The van der Waals surface area contributed by atoms with E-state index in [1.807, 2.05) is 6.92 Å². The van der Waals surface area contributed by atoms with Gasteiger partial charge in [0.15, 0.2) is 5.82 Å². The molecule has 2 aromatic carbocycles. The Morgan fingerprint density at radius 2 is 1.89 bits per heavy atom. The third-order valence-electron chi connectivity index (χ3n) is 5.52. The van der Waals surface area contributed by atoms with Crippen LogP contribution in [0.4, 0.5) is 23.1 Å². The summed E-state index contributed by atoms with van der Waals surface area (Å²) in [5, 5.41) is 6.26. The number of hydrogen-bond donors (Lipinski definition) is 3. The number of carbonyl (C=O) groups is 1. The second-order valence-corrected chi connectivity index (χ2v) is 10.2. The molecule has 1 fully saturated rings. The number of amides is 1. The molecule has 11 nitrogen and oxygen atoms in total. The normalized spacial score (nSPS) is 13.8. The summed E-state index contributed by atoms with van der Waals surface area (Å²) in [4.78, 5) is 23.3. The van der Waals surface area contributed by atoms with Crippen LogP contribution in [0.2, 0.25) is 5.02 Å². The van der Waals surface area contributed by atoms with Gasteiger partial charge in [-0.25, -0.2) is 18.1 Å². The molecule has 4 rings (SSSR count). The van der Waals surface area contributed by atoms with Gasteiger partial charge in [0.1, 0.15) is 15.7 Å². The molecule has 3 aromatic rings. The first-order chi connectivity index (χ1) is 17.8. The number of aromatic nitrogens is 2. The van der Waals surface area contributed by atoms with E-state index < -0.39 is 10.0 Å². The Hall–Kier alpha value is -3.45. The highest BCUT2D eigenvalue weighted by Gasteiger charge is 2.21. The summed E-state index contributed by atoms with van der Waals surface area (Å²) in [7, 11) is -2.39. The van der Waals surface area contributed by atoms with Crippen molar-refractivity contribution in [2.45, 2.75) is 11.8 Å². The summed E-state index contributed by atoms with van der Waals surface area (Å²) in [5.74, 6) is 0.754. The first kappa shape index (κ1) is 26.6. The van der Waals surface area contributed by atoms with Gasteiger partial charge in [-0.1, -0.05) is 23.7 Å². The standard InChI is InChI=1S/C24H27ClN6O5S/c1-3-36-20-14-16(23(32)31-10-12-35-13-11-31)8-9-18(20)29-24-27-15-17(25)22(30-24)28-19-6-4-5-7-21(19)37(33,34)26-2/h4-9,14-15,26H,3,10-13H2,1-2H3,(H2,27,28,29,30). The number of nitrogens with one attached hydrogen (secondary N) is 3. The molecule has 0 bridgehead atoms. The second-order valence-electron chi connectivity index (χ2n) is 7.89. The van der Waals surface area contributed by atoms with Crippen LogP contribution in [0.25, 0.3) is 0 Å². The predicted molar refractivity (Wildman–Crippen MR) is 141 cm³/mol. The Morgan fingerprint density at radius 1 is 1.14 bits per heavy atom. The van der Waals surface area contributed by atoms with E-state index in [2.05, 4.69) is 25.3 Å². The highest BCUT2D eigenvalue weighted by Crippen LogP contribution is 2.31. The van der Waals surface area contributed by atoms with E-state index >= 15 is 0 Å². The van der Waals surface area contributed by atoms with E-state index in [0.29, 0.717) is 55.6 Å². The van der Waals surface area contributed by atoms with Crippen LogP contribution in [0.1, 0.15) is 17.3 Å². The van der Waals surface area contributed by atoms with Gasteiger partial charge in [0.25, 0.3) is 5.91 Å². The van der Waals surface area contributed by atoms with Crippen molar-refractivity contribution in [3.05, 3.63) is 59.2 Å². The lowest BCUT2D eigenvalue weighted by Crippen LogP contribution is -2.40. The number of hydrogen-bond acceptors (Lipinski definition) is 9. The van der Waals surface area contributed by atoms with Crippen LogP contribution in [0.3, 0.4) is 0 Å². The van der Waals surface area contributed by atoms with Crippen molar-refractivity contribution in [3.63, 3.8) is 0 Å². The first-order valence-corrected chi connectivity index (χ1v) is 13.4. The minimum Gasteiger partial charge on any atom is -0.492 e. The zero-order chi connectivity index (χ0) is 26.4. The molecule has 3 N–H and O–H groups in total. The fourth-order valence-corrected chi connectivity index (χ4v) is 4.68. The third kappa shape index (κ3) is 6.28. The van der Waals surface area contributed by atoms with Gasteiger partial charge in [0, 0.05) is 18.7 Å². The monoisotopic (exact) mass is 546 g/mol. The van der Waals surface area contributed by atoms with Crippen LogP contribution in [0.5, 0.6) is 5.75 Å². The highest BCUT2D eigenvalue weighted by atomic mass is 35.5. The zero-order valence-corrected chi connectivity index (χ0v) is 21.9. The third-order valence-corrected chi connectivity index (χ3v) is 7.26. The number of sulfonamides is 1. The van der Waals surface area contributed by atoms with E-state index in [1.165, 1.54) is 19.3 Å². The van der Waals surface area contributed by atoms with Gasteiger partial charge in [0.2, 0.25) is 16.0 Å². The molecule has 1 aliphatic heterocycles. The summed E-state index contributed by atoms with van der Waals surface area (Å²) < 4.78 is 38.2. The summed E-state index contributed by atoms with van der Waals surface area (Å²) in [6.07, 6.45) is 1.39. The second kappa shape index (κ2) is 11.7. The maximum Gasteiger partial charge on any atom is 0.254 e. The summed E-state index contributed by atoms with van der Waals surface area (Å²) in [5.41, 5.74) is 1.34. The molecule has 1 aromatic heterocycles. The number of anilines is 4. The van der Waals surface area contributed by atoms with Crippen LogP contribution in [0.15, 0.2) is 53.6 Å². The Morgan fingerprint density at radius 3 is 2.62 bits per heavy atom. The molecule has 1 amide bonds. The molecule has 0 spiro atoms. The maximum absolute atomic E-state index is 12.9. The van der Waals surface area contributed by atoms with Crippen LogP contribution < -0.4 is 20.1 Å². The van der Waals surface area contributed by atoms with Crippen molar-refractivity contribution < 1.29 is 22.7 Å². The van der Waals surface area contributed by atoms with Gasteiger partial charge in [0.05, 0.1) is 37.4 Å². The quantitative estimate of drug-likeness (QED) is 0.369. The molecule has 0 atom stereocenters. The fourth-order valence-electron chi connectivity index (χ4n) is 3.66. The van der Waals surface area contributed by atoms with E-state index in [0.717, 1.165) is 0 Å². The summed E-state index contributed by atoms with van der Waals surface area (Å²) in [6.45, 7) is 4.33. The van der Waals surface area contributed by atoms with E-state index in [9.17, 15) is 13.2 Å². The Balaban J connectivity index is 1.59. The van der Waals surface area contributed by atoms with Crippen molar-refractivity contribution >= 4 is 50.7 Å². The lowest BCUT2D eigenvalue weighted by atomic mass is 10.1. The van der Waals surface area contributed by atoms with E-state index in [1.54, 1.807) is 41.3 Å². The summed E-state index contributed by atoms with van der Waals surface area (Å²) in [6, 6.07) is 11.5. The number of para-hydroxylation sites is 1. The fraction of sp³-hybridized carbons (Fsp3) is 0.292. The molecule has 1 aliphatic rings. The van der Waals surface area contributed by atoms with Crippen LogP contribution in [-0.4, -0.2) is 69.2 Å². The van der Waals surface area contributed by atoms with Gasteiger partial charge in [-0.05, 0) is 44.3 Å². The Kier molecular flexibility index (Phi) is 8.44. The van der Waals surface area contributed by atoms with Gasteiger partial charge < -0.3 is 25.0 Å².